The van der Waals surface area contributed by atoms with E-state index in [0.717, 1.165) is 24.5 Å². The number of H-pyrrole nitrogens is 1. The van der Waals surface area contributed by atoms with Gasteiger partial charge in [0.25, 0.3) is 11.8 Å². The predicted molar refractivity (Wildman–Crippen MR) is 63.5 cm³/mol. The number of benzene rings is 1. The normalized spacial score (nSPS) is 11.2. The van der Waals surface area contributed by atoms with Crippen molar-refractivity contribution in [2.24, 2.45) is 5.73 Å². The molecule has 2 aromatic rings. The van der Waals surface area contributed by atoms with Gasteiger partial charge < -0.3 is 15.5 Å². The second kappa shape index (κ2) is 5.27. The number of halogens is 3. The number of rotatable bonds is 3. The molecule has 1 aromatic carbocycles. The quantitative estimate of drug-likeness (QED) is 0.843. The molecule has 9 heteroatoms. The number of aromatic amines is 1. The van der Waals surface area contributed by atoms with Crippen LogP contribution in [-0.4, -0.2) is 21.8 Å². The van der Waals surface area contributed by atoms with Crippen LogP contribution < -0.4 is 10.5 Å². The first kappa shape index (κ1) is 14.6. The predicted octanol–water partition coefficient (Wildman–Crippen LogP) is 1.75. The Morgan fingerprint density at radius 3 is 2.62 bits per heavy atom. The van der Waals surface area contributed by atoms with Crippen LogP contribution in [0, 0.1) is 0 Å². The molecule has 0 saturated carbocycles. The van der Waals surface area contributed by atoms with Gasteiger partial charge in [-0.15, -0.1) is 0 Å². The number of carbonyl (C=O) groups excluding carboxylic acids is 2. The summed E-state index contributed by atoms with van der Waals surface area (Å²) < 4.78 is 42.4. The lowest BCUT2D eigenvalue weighted by Gasteiger charge is -2.08. The lowest BCUT2D eigenvalue weighted by molar-refractivity contribution is -0.137. The molecular weight excluding hydrogens is 291 g/mol. The second-order valence-corrected chi connectivity index (χ2v) is 3.92. The van der Waals surface area contributed by atoms with Gasteiger partial charge >= 0.3 is 12.1 Å². The Morgan fingerprint density at radius 1 is 1.29 bits per heavy atom. The summed E-state index contributed by atoms with van der Waals surface area (Å²) in [6.45, 7) is 0. The number of amides is 1. The monoisotopic (exact) mass is 299 g/mol. The highest BCUT2D eigenvalue weighted by atomic mass is 19.4. The smallest absolute Gasteiger partial charge is 0.401 e. The molecule has 0 aliphatic carbocycles. The van der Waals surface area contributed by atoms with Gasteiger partial charge in [-0.25, -0.2) is 9.78 Å². The van der Waals surface area contributed by atoms with Gasteiger partial charge in [0, 0.05) is 0 Å². The highest BCUT2D eigenvalue weighted by molar-refractivity contribution is 5.96. The van der Waals surface area contributed by atoms with Gasteiger partial charge in [-0.2, -0.15) is 13.2 Å². The van der Waals surface area contributed by atoms with E-state index in [1.807, 2.05) is 0 Å². The average molecular weight is 299 g/mol. The Balaban J connectivity index is 2.25. The molecule has 0 radical (unpaired) electrons. The van der Waals surface area contributed by atoms with E-state index in [0.29, 0.717) is 6.07 Å². The van der Waals surface area contributed by atoms with Crippen molar-refractivity contribution in [1.82, 2.24) is 9.97 Å². The van der Waals surface area contributed by atoms with Gasteiger partial charge in [0.05, 0.1) is 17.5 Å². The van der Waals surface area contributed by atoms with Crippen LogP contribution in [0.3, 0.4) is 0 Å². The van der Waals surface area contributed by atoms with Crippen molar-refractivity contribution in [3.63, 3.8) is 0 Å². The lowest BCUT2D eigenvalue weighted by atomic mass is 10.1. The summed E-state index contributed by atoms with van der Waals surface area (Å²) in [6.07, 6.45) is -3.52. The summed E-state index contributed by atoms with van der Waals surface area (Å²) in [6, 6.07) is 3.67. The zero-order valence-corrected chi connectivity index (χ0v) is 10.3. The molecule has 0 aliphatic rings. The minimum atomic E-state index is -4.58. The van der Waals surface area contributed by atoms with Crippen LogP contribution in [0.4, 0.5) is 13.2 Å². The number of ether oxygens (including phenoxy) is 1. The highest BCUT2D eigenvalue weighted by Crippen LogP contribution is 2.29. The fraction of sp³-hybridized carbons (Fsp3) is 0.0833. The average Bonchev–Trinajstić information content (AvgIpc) is 2.86. The molecule has 1 amide bonds. The van der Waals surface area contributed by atoms with E-state index in [1.54, 1.807) is 0 Å². The fourth-order valence-corrected chi connectivity index (χ4v) is 1.50. The van der Waals surface area contributed by atoms with Crippen LogP contribution in [0.5, 0.6) is 5.88 Å². The van der Waals surface area contributed by atoms with Crippen molar-refractivity contribution in [1.29, 1.82) is 0 Å². The molecule has 0 atom stereocenters. The van der Waals surface area contributed by atoms with Crippen molar-refractivity contribution in [2.45, 2.75) is 6.18 Å². The van der Waals surface area contributed by atoms with Gasteiger partial charge in [0.15, 0.2) is 5.69 Å². The molecule has 0 aliphatic heterocycles. The summed E-state index contributed by atoms with van der Waals surface area (Å²) in [5.41, 5.74) is 3.43. The van der Waals surface area contributed by atoms with E-state index in [9.17, 15) is 22.8 Å². The second-order valence-electron chi connectivity index (χ2n) is 3.92. The largest absolute Gasteiger partial charge is 0.416 e. The number of nitrogens with zero attached hydrogens (tertiary/aromatic N) is 1. The molecule has 0 fully saturated rings. The van der Waals surface area contributed by atoms with Crippen LogP contribution in [0.2, 0.25) is 0 Å². The number of alkyl halides is 3. The molecule has 1 aromatic heterocycles. The summed E-state index contributed by atoms with van der Waals surface area (Å²) in [5.74, 6) is -2.40. The van der Waals surface area contributed by atoms with Gasteiger partial charge in [-0.1, -0.05) is 6.07 Å². The SMILES string of the molecule is NC(=O)c1[nH]cnc1OC(=O)c1cccc(C(F)(F)F)c1. The molecular formula is C12H8F3N3O3. The van der Waals surface area contributed by atoms with Crippen LogP contribution in [-0.2, 0) is 6.18 Å². The Labute approximate surface area is 115 Å². The van der Waals surface area contributed by atoms with Crippen LogP contribution in [0.1, 0.15) is 26.4 Å². The maximum Gasteiger partial charge on any atom is 0.416 e. The molecule has 0 spiro atoms. The van der Waals surface area contributed by atoms with Crippen LogP contribution in [0.25, 0.3) is 0 Å². The van der Waals surface area contributed by atoms with E-state index in [4.69, 9.17) is 10.5 Å². The van der Waals surface area contributed by atoms with Gasteiger partial charge in [0.2, 0.25) is 0 Å². The van der Waals surface area contributed by atoms with Crippen molar-refractivity contribution in [2.75, 3.05) is 0 Å². The van der Waals surface area contributed by atoms with Gasteiger partial charge in [-0.05, 0) is 18.2 Å². The summed E-state index contributed by atoms with van der Waals surface area (Å²) in [5, 5.41) is 0. The minimum absolute atomic E-state index is 0.254. The number of carbonyl (C=O) groups is 2. The molecule has 110 valence electrons. The zero-order chi connectivity index (χ0) is 15.6. The lowest BCUT2D eigenvalue weighted by Crippen LogP contribution is -2.16. The van der Waals surface area contributed by atoms with Crippen molar-refractivity contribution in [3.8, 4) is 5.88 Å². The molecule has 0 bridgehead atoms. The topological polar surface area (TPSA) is 98.1 Å². The minimum Gasteiger partial charge on any atom is -0.401 e. The fourth-order valence-electron chi connectivity index (χ4n) is 1.50. The first-order valence-electron chi connectivity index (χ1n) is 5.51. The maximum absolute atomic E-state index is 12.5. The molecule has 1 heterocycles. The number of aromatic nitrogens is 2. The maximum atomic E-state index is 12.5. The Hall–Kier alpha value is -2.84. The Morgan fingerprint density at radius 2 is 2.00 bits per heavy atom. The van der Waals surface area contributed by atoms with Crippen LogP contribution >= 0.6 is 0 Å². The van der Waals surface area contributed by atoms with Crippen LogP contribution in [0.15, 0.2) is 30.6 Å². The third kappa shape index (κ3) is 3.19. The van der Waals surface area contributed by atoms with E-state index < -0.39 is 29.5 Å². The molecule has 0 unspecified atom stereocenters. The summed E-state index contributed by atoms with van der Waals surface area (Å²) in [4.78, 5) is 28.7. The molecule has 6 nitrogen and oxygen atoms in total. The van der Waals surface area contributed by atoms with Crippen molar-refractivity contribution in [3.05, 3.63) is 47.4 Å². The van der Waals surface area contributed by atoms with Crippen molar-refractivity contribution >= 4 is 11.9 Å². The third-order valence-corrected chi connectivity index (χ3v) is 2.47. The summed E-state index contributed by atoms with van der Waals surface area (Å²) >= 11 is 0. The number of hydrogen-bond acceptors (Lipinski definition) is 4. The van der Waals surface area contributed by atoms with Gasteiger partial charge in [-0.3, -0.25) is 4.79 Å². The first-order valence-corrected chi connectivity index (χ1v) is 5.51. The van der Waals surface area contributed by atoms with E-state index in [-0.39, 0.29) is 11.3 Å². The number of hydrogen-bond donors (Lipinski definition) is 2. The number of nitrogens with two attached hydrogens (primary N) is 1. The number of esters is 1. The Bertz CT molecular complexity index is 694. The Kier molecular flexibility index (Phi) is 3.66. The third-order valence-electron chi connectivity index (χ3n) is 2.47. The van der Waals surface area contributed by atoms with Crippen molar-refractivity contribution < 1.29 is 27.5 Å². The highest BCUT2D eigenvalue weighted by Gasteiger charge is 2.31. The molecule has 2 rings (SSSR count). The van der Waals surface area contributed by atoms with E-state index >= 15 is 0 Å². The number of imidazole rings is 1. The molecule has 0 saturated heterocycles. The zero-order valence-electron chi connectivity index (χ0n) is 10.3. The first-order chi connectivity index (χ1) is 9.79. The molecule has 21 heavy (non-hydrogen) atoms. The van der Waals surface area contributed by atoms with E-state index in [1.165, 1.54) is 0 Å². The van der Waals surface area contributed by atoms with Gasteiger partial charge in [0.1, 0.15) is 0 Å². The summed E-state index contributed by atoms with van der Waals surface area (Å²) in [7, 11) is 0. The standard InChI is InChI=1S/C12H8F3N3O3/c13-12(14,15)7-3-1-2-6(4-7)11(20)21-10-8(9(16)19)17-5-18-10/h1-5H,(H2,16,19)(H,17,18). The number of nitrogens with one attached hydrogen (secondary N) is 1. The molecule has 3 N–H and O–H groups in total. The van der Waals surface area contributed by atoms with E-state index in [2.05, 4.69) is 9.97 Å². The number of primary amides is 1.